The van der Waals surface area contributed by atoms with Crippen LogP contribution in [0.4, 0.5) is 0 Å². The van der Waals surface area contributed by atoms with E-state index in [-0.39, 0.29) is 0 Å². The van der Waals surface area contributed by atoms with E-state index >= 15 is 0 Å². The summed E-state index contributed by atoms with van der Waals surface area (Å²) in [5.74, 6) is 0. The Bertz CT molecular complexity index is 348. The largest absolute Gasteiger partial charge is 0.314 e. The van der Waals surface area contributed by atoms with Crippen LogP contribution in [-0.2, 0) is 6.42 Å². The molecule has 1 nitrogen and oxygen atoms in total. The first-order valence-electron chi connectivity index (χ1n) is 6.95. The fraction of sp³-hybridized carbons (Fsp3) is 0.625. The third-order valence-electron chi connectivity index (χ3n) is 4.19. The normalized spacial score (nSPS) is 19.0. The number of nitrogens with one attached hydrogen (secondary N) is 1. The summed E-state index contributed by atoms with van der Waals surface area (Å²) >= 11 is 0. The van der Waals surface area contributed by atoms with Gasteiger partial charge in [0.2, 0.25) is 0 Å². The van der Waals surface area contributed by atoms with Crippen LogP contribution in [0.1, 0.15) is 44.2 Å². The number of benzene rings is 1. The number of rotatable bonds is 6. The first kappa shape index (κ1) is 12.6. The zero-order valence-electron chi connectivity index (χ0n) is 11.4. The maximum absolute atomic E-state index is 3.67. The Labute approximate surface area is 106 Å². The third kappa shape index (κ3) is 3.10. The Morgan fingerprint density at radius 3 is 2.41 bits per heavy atom. The molecule has 0 amide bonds. The van der Waals surface area contributed by atoms with Crippen LogP contribution in [0, 0.1) is 12.3 Å². The molecule has 0 spiro atoms. The van der Waals surface area contributed by atoms with Crippen LogP contribution in [0.15, 0.2) is 24.3 Å². The van der Waals surface area contributed by atoms with E-state index in [1.807, 2.05) is 0 Å². The third-order valence-corrected chi connectivity index (χ3v) is 4.19. The topological polar surface area (TPSA) is 12.0 Å². The van der Waals surface area contributed by atoms with Crippen LogP contribution >= 0.6 is 0 Å². The van der Waals surface area contributed by atoms with Gasteiger partial charge >= 0.3 is 0 Å². The minimum absolute atomic E-state index is 0.546. The van der Waals surface area contributed by atoms with Gasteiger partial charge in [-0.3, -0.25) is 0 Å². The quantitative estimate of drug-likeness (QED) is 0.787. The zero-order chi connectivity index (χ0) is 12.3. The van der Waals surface area contributed by atoms with Crippen molar-refractivity contribution in [1.29, 1.82) is 0 Å². The molecule has 1 aliphatic carbocycles. The lowest BCUT2D eigenvalue weighted by Crippen LogP contribution is -2.36. The summed E-state index contributed by atoms with van der Waals surface area (Å²) in [7, 11) is 0. The van der Waals surface area contributed by atoms with Crippen LogP contribution in [0.3, 0.4) is 0 Å². The second kappa shape index (κ2) is 5.22. The highest BCUT2D eigenvalue weighted by molar-refractivity contribution is 5.24. The molecular formula is C16H25N. The summed E-state index contributed by atoms with van der Waals surface area (Å²) in [5.41, 5.74) is 3.40. The minimum Gasteiger partial charge on any atom is -0.314 e. The average Bonchev–Trinajstić information content (AvgIpc) is 3.10. The Morgan fingerprint density at radius 1 is 1.24 bits per heavy atom. The average molecular weight is 231 g/mol. The molecule has 0 saturated heterocycles. The van der Waals surface area contributed by atoms with Crippen molar-refractivity contribution in [1.82, 2.24) is 5.32 Å². The van der Waals surface area contributed by atoms with Crippen LogP contribution in [0.2, 0.25) is 0 Å². The van der Waals surface area contributed by atoms with Crippen molar-refractivity contribution in [2.75, 3.05) is 6.54 Å². The van der Waals surface area contributed by atoms with E-state index < -0.39 is 0 Å². The van der Waals surface area contributed by atoms with Crippen molar-refractivity contribution >= 4 is 0 Å². The maximum Gasteiger partial charge on any atom is 0.00983 e. The van der Waals surface area contributed by atoms with Gasteiger partial charge < -0.3 is 5.32 Å². The van der Waals surface area contributed by atoms with Crippen LogP contribution in [0.5, 0.6) is 0 Å². The van der Waals surface area contributed by atoms with E-state index in [1.54, 1.807) is 0 Å². The number of aryl methyl sites for hydroxylation is 1. The molecule has 1 N–H and O–H groups in total. The summed E-state index contributed by atoms with van der Waals surface area (Å²) in [6.45, 7) is 7.90. The molecule has 0 aliphatic heterocycles. The molecule has 0 bridgehead atoms. The Balaban J connectivity index is 1.95. The van der Waals surface area contributed by atoms with E-state index in [4.69, 9.17) is 0 Å². The molecule has 1 saturated carbocycles. The molecule has 1 heteroatoms. The molecule has 2 rings (SSSR count). The molecule has 0 aromatic heterocycles. The lowest BCUT2D eigenvalue weighted by atomic mass is 9.89. The molecule has 1 unspecified atom stereocenters. The van der Waals surface area contributed by atoms with E-state index in [1.165, 1.54) is 36.8 Å². The summed E-state index contributed by atoms with van der Waals surface area (Å²) in [6, 6.07) is 9.71. The van der Waals surface area contributed by atoms with Crippen molar-refractivity contribution in [3.63, 3.8) is 0 Å². The fourth-order valence-electron chi connectivity index (χ4n) is 2.61. The van der Waals surface area contributed by atoms with Gasteiger partial charge in [0.05, 0.1) is 0 Å². The van der Waals surface area contributed by atoms with Gasteiger partial charge in [0.15, 0.2) is 0 Å². The van der Waals surface area contributed by atoms with Crippen molar-refractivity contribution in [3.8, 4) is 0 Å². The minimum atomic E-state index is 0.546. The van der Waals surface area contributed by atoms with Crippen LogP contribution < -0.4 is 5.32 Å². The SMILES string of the molecule is CCCNC(C)C1(Cc2ccc(C)cc2)CC1. The molecule has 1 fully saturated rings. The van der Waals surface area contributed by atoms with E-state index in [9.17, 15) is 0 Å². The van der Waals surface area contributed by atoms with Gasteiger partial charge in [0.1, 0.15) is 0 Å². The molecule has 0 heterocycles. The second-order valence-corrected chi connectivity index (χ2v) is 5.70. The monoisotopic (exact) mass is 231 g/mol. The van der Waals surface area contributed by atoms with Crippen LogP contribution in [-0.4, -0.2) is 12.6 Å². The summed E-state index contributed by atoms with van der Waals surface area (Å²) in [6.07, 6.45) is 5.24. The molecule has 1 aromatic rings. The van der Waals surface area contributed by atoms with Crippen molar-refractivity contribution in [3.05, 3.63) is 35.4 Å². The van der Waals surface area contributed by atoms with Gasteiger partial charge in [-0.2, -0.15) is 0 Å². The van der Waals surface area contributed by atoms with Crippen LogP contribution in [0.25, 0.3) is 0 Å². The first-order valence-corrected chi connectivity index (χ1v) is 6.95. The number of hydrogen-bond donors (Lipinski definition) is 1. The highest BCUT2D eigenvalue weighted by Gasteiger charge is 2.46. The van der Waals surface area contributed by atoms with E-state index in [2.05, 4.69) is 50.4 Å². The standard InChI is InChI=1S/C16H25N/c1-4-11-17-14(3)16(9-10-16)12-15-7-5-13(2)6-8-15/h5-8,14,17H,4,9-12H2,1-3H3. The molecule has 1 aromatic carbocycles. The maximum atomic E-state index is 3.67. The smallest absolute Gasteiger partial charge is 0.00983 e. The predicted octanol–water partition coefficient (Wildman–Crippen LogP) is 3.71. The van der Waals surface area contributed by atoms with Crippen molar-refractivity contribution in [2.24, 2.45) is 5.41 Å². The summed E-state index contributed by atoms with van der Waals surface area (Å²) in [4.78, 5) is 0. The molecule has 94 valence electrons. The highest BCUT2D eigenvalue weighted by Crippen LogP contribution is 2.51. The van der Waals surface area contributed by atoms with E-state index in [0.29, 0.717) is 11.5 Å². The fourth-order valence-corrected chi connectivity index (χ4v) is 2.61. The Morgan fingerprint density at radius 2 is 1.88 bits per heavy atom. The van der Waals surface area contributed by atoms with Gasteiger partial charge in [-0.25, -0.2) is 0 Å². The zero-order valence-corrected chi connectivity index (χ0v) is 11.4. The summed E-state index contributed by atoms with van der Waals surface area (Å²) < 4.78 is 0. The Hall–Kier alpha value is -0.820. The Kier molecular flexibility index (Phi) is 3.88. The molecule has 1 aliphatic rings. The predicted molar refractivity (Wildman–Crippen MR) is 74.3 cm³/mol. The van der Waals surface area contributed by atoms with Crippen molar-refractivity contribution < 1.29 is 0 Å². The van der Waals surface area contributed by atoms with Gasteiger partial charge in [-0.15, -0.1) is 0 Å². The second-order valence-electron chi connectivity index (χ2n) is 5.70. The van der Waals surface area contributed by atoms with E-state index in [0.717, 1.165) is 6.54 Å². The van der Waals surface area contributed by atoms with Gasteiger partial charge in [-0.05, 0) is 57.1 Å². The van der Waals surface area contributed by atoms with Gasteiger partial charge in [0, 0.05) is 6.04 Å². The van der Waals surface area contributed by atoms with Gasteiger partial charge in [0.25, 0.3) is 0 Å². The molecule has 0 radical (unpaired) electrons. The lowest BCUT2D eigenvalue weighted by molar-refractivity contribution is 0.350. The lowest BCUT2D eigenvalue weighted by Gasteiger charge is -2.24. The molecular weight excluding hydrogens is 206 g/mol. The number of hydrogen-bond acceptors (Lipinski definition) is 1. The molecule has 17 heavy (non-hydrogen) atoms. The highest BCUT2D eigenvalue weighted by atomic mass is 14.9. The summed E-state index contributed by atoms with van der Waals surface area (Å²) in [5, 5.41) is 3.67. The van der Waals surface area contributed by atoms with Gasteiger partial charge in [-0.1, -0.05) is 36.8 Å². The molecule has 1 atom stereocenters. The first-order chi connectivity index (χ1) is 8.16. The van der Waals surface area contributed by atoms with Crippen molar-refractivity contribution in [2.45, 2.75) is 52.5 Å².